The van der Waals surface area contributed by atoms with E-state index >= 15 is 0 Å². The Kier molecular flexibility index (Phi) is 4.17. The number of halogens is 1. The maximum absolute atomic E-state index is 10.9. The Labute approximate surface area is 113 Å². The highest BCUT2D eigenvalue weighted by Gasteiger charge is 2.15. The second-order valence-electron chi connectivity index (χ2n) is 3.70. The number of nitro benzene ring substituents is 1. The number of hydrogen-bond donors (Lipinski definition) is 1. The van der Waals surface area contributed by atoms with E-state index in [1.807, 2.05) is 11.4 Å². The third-order valence-corrected chi connectivity index (χ3v) is 3.53. The van der Waals surface area contributed by atoms with Crippen molar-refractivity contribution in [1.29, 1.82) is 0 Å². The first kappa shape index (κ1) is 12.9. The Morgan fingerprint density at radius 3 is 2.89 bits per heavy atom. The number of anilines is 1. The summed E-state index contributed by atoms with van der Waals surface area (Å²) in [6, 6.07) is 6.69. The van der Waals surface area contributed by atoms with Gasteiger partial charge in [-0.2, -0.15) is 11.3 Å². The van der Waals surface area contributed by atoms with Crippen molar-refractivity contribution >= 4 is 34.3 Å². The summed E-state index contributed by atoms with van der Waals surface area (Å²) in [5.74, 6) is 0. The fourth-order valence-electron chi connectivity index (χ4n) is 1.61. The third kappa shape index (κ3) is 3.00. The zero-order valence-electron chi connectivity index (χ0n) is 9.43. The van der Waals surface area contributed by atoms with Crippen LogP contribution in [0.25, 0.3) is 0 Å². The van der Waals surface area contributed by atoms with Gasteiger partial charge in [-0.15, -0.1) is 0 Å². The predicted molar refractivity (Wildman–Crippen MR) is 74.6 cm³/mol. The van der Waals surface area contributed by atoms with Crippen molar-refractivity contribution in [3.05, 3.63) is 55.7 Å². The van der Waals surface area contributed by atoms with Gasteiger partial charge >= 0.3 is 0 Å². The predicted octanol–water partition coefficient (Wildman–Crippen LogP) is 3.96. The van der Waals surface area contributed by atoms with Crippen LogP contribution in [0.3, 0.4) is 0 Å². The molecule has 94 valence electrons. The van der Waals surface area contributed by atoms with Crippen LogP contribution in [0.15, 0.2) is 35.0 Å². The van der Waals surface area contributed by atoms with Crippen molar-refractivity contribution < 1.29 is 4.92 Å². The fraction of sp³-hybridized carbons (Fsp3) is 0.167. The Morgan fingerprint density at radius 2 is 2.22 bits per heavy atom. The van der Waals surface area contributed by atoms with Crippen molar-refractivity contribution in [3.63, 3.8) is 0 Å². The van der Waals surface area contributed by atoms with Crippen LogP contribution in [-0.4, -0.2) is 11.5 Å². The van der Waals surface area contributed by atoms with E-state index in [1.54, 1.807) is 23.5 Å². The van der Waals surface area contributed by atoms with Crippen LogP contribution in [0.1, 0.15) is 5.56 Å². The molecule has 0 saturated carbocycles. The van der Waals surface area contributed by atoms with Crippen LogP contribution < -0.4 is 5.32 Å². The number of benzene rings is 1. The molecule has 0 aliphatic carbocycles. The lowest BCUT2D eigenvalue weighted by Crippen LogP contribution is -2.07. The molecule has 6 heteroatoms. The lowest BCUT2D eigenvalue weighted by Gasteiger charge is -2.08. The molecule has 1 aromatic heterocycles. The minimum Gasteiger partial charge on any atom is -0.378 e. The minimum atomic E-state index is -0.432. The molecule has 0 amide bonds. The average Bonchev–Trinajstić information content (AvgIpc) is 2.84. The van der Waals surface area contributed by atoms with Crippen LogP contribution in [-0.2, 0) is 6.42 Å². The highest BCUT2D eigenvalue weighted by molar-refractivity contribution is 7.07. The van der Waals surface area contributed by atoms with Gasteiger partial charge < -0.3 is 5.32 Å². The molecule has 1 N–H and O–H groups in total. The molecular formula is C12H11ClN2O2S. The van der Waals surface area contributed by atoms with Gasteiger partial charge in [0, 0.05) is 12.6 Å². The van der Waals surface area contributed by atoms with E-state index < -0.39 is 4.92 Å². The van der Waals surface area contributed by atoms with Crippen molar-refractivity contribution in [2.75, 3.05) is 11.9 Å². The first-order valence-electron chi connectivity index (χ1n) is 5.36. The molecule has 0 aliphatic heterocycles. The number of rotatable bonds is 5. The monoisotopic (exact) mass is 282 g/mol. The number of nitrogens with zero attached hydrogens (tertiary/aromatic N) is 1. The van der Waals surface area contributed by atoms with E-state index in [1.165, 1.54) is 11.6 Å². The van der Waals surface area contributed by atoms with Crippen LogP contribution in [0.2, 0.25) is 5.02 Å². The molecule has 0 fully saturated rings. The second-order valence-corrected chi connectivity index (χ2v) is 4.89. The summed E-state index contributed by atoms with van der Waals surface area (Å²) >= 11 is 7.60. The summed E-state index contributed by atoms with van der Waals surface area (Å²) in [5.41, 5.74) is 1.61. The topological polar surface area (TPSA) is 55.2 Å². The Hall–Kier alpha value is -1.59. The largest absolute Gasteiger partial charge is 0.378 e. The van der Waals surface area contributed by atoms with Crippen LogP contribution in [0.5, 0.6) is 0 Å². The second kappa shape index (κ2) is 5.84. The van der Waals surface area contributed by atoms with Gasteiger partial charge in [-0.1, -0.05) is 17.7 Å². The van der Waals surface area contributed by atoms with Gasteiger partial charge in [0.25, 0.3) is 5.69 Å². The van der Waals surface area contributed by atoms with Gasteiger partial charge in [0.15, 0.2) is 0 Å². The van der Waals surface area contributed by atoms with Crippen molar-refractivity contribution in [3.8, 4) is 0 Å². The molecule has 0 saturated heterocycles. The van der Waals surface area contributed by atoms with E-state index in [0.717, 1.165) is 6.42 Å². The number of nitrogens with one attached hydrogen (secondary N) is 1. The molecule has 0 aliphatic rings. The maximum Gasteiger partial charge on any atom is 0.293 e. The number of hydrogen-bond acceptors (Lipinski definition) is 4. The van der Waals surface area contributed by atoms with Gasteiger partial charge in [0.1, 0.15) is 5.69 Å². The summed E-state index contributed by atoms with van der Waals surface area (Å²) in [5, 5.41) is 18.3. The zero-order chi connectivity index (χ0) is 13.0. The van der Waals surface area contributed by atoms with Crippen LogP contribution in [0.4, 0.5) is 11.4 Å². The molecule has 2 aromatic rings. The van der Waals surface area contributed by atoms with E-state index in [2.05, 4.69) is 10.7 Å². The van der Waals surface area contributed by atoms with E-state index in [-0.39, 0.29) is 5.69 Å². The van der Waals surface area contributed by atoms with Gasteiger partial charge in [-0.3, -0.25) is 10.1 Å². The SMILES string of the molecule is O=[N+]([O-])c1cccc(Cl)c1NCCc1ccsc1. The summed E-state index contributed by atoms with van der Waals surface area (Å²) in [7, 11) is 0. The molecule has 0 atom stereocenters. The minimum absolute atomic E-state index is 0.00724. The van der Waals surface area contributed by atoms with E-state index in [4.69, 9.17) is 11.6 Å². The normalized spacial score (nSPS) is 10.3. The molecule has 1 aromatic carbocycles. The highest BCUT2D eigenvalue weighted by Crippen LogP contribution is 2.31. The molecule has 2 rings (SSSR count). The number of thiophene rings is 1. The molecule has 0 radical (unpaired) electrons. The molecule has 4 nitrogen and oxygen atoms in total. The molecule has 0 bridgehead atoms. The Bertz CT molecular complexity index is 543. The summed E-state index contributed by atoms with van der Waals surface area (Å²) < 4.78 is 0. The van der Waals surface area contributed by atoms with Crippen molar-refractivity contribution in [1.82, 2.24) is 0 Å². The van der Waals surface area contributed by atoms with Gasteiger partial charge in [0.2, 0.25) is 0 Å². The smallest absolute Gasteiger partial charge is 0.293 e. The fourth-order valence-corrected chi connectivity index (χ4v) is 2.55. The van der Waals surface area contributed by atoms with Gasteiger partial charge in [-0.25, -0.2) is 0 Å². The Morgan fingerprint density at radius 1 is 1.39 bits per heavy atom. The standard InChI is InChI=1S/C12H11ClN2O2S/c13-10-2-1-3-11(15(16)17)12(10)14-6-4-9-5-7-18-8-9/h1-3,5,7-8,14H,4,6H2. The molecule has 0 spiro atoms. The third-order valence-electron chi connectivity index (χ3n) is 2.48. The average molecular weight is 283 g/mol. The van der Waals surface area contributed by atoms with Gasteiger partial charge in [-0.05, 0) is 34.9 Å². The number of nitro groups is 1. The van der Waals surface area contributed by atoms with Crippen LogP contribution >= 0.6 is 22.9 Å². The van der Waals surface area contributed by atoms with Crippen LogP contribution in [0, 0.1) is 10.1 Å². The summed E-state index contributed by atoms with van der Waals surface area (Å²) in [6.45, 7) is 0.612. The first-order chi connectivity index (χ1) is 8.68. The lowest BCUT2D eigenvalue weighted by atomic mass is 10.2. The van der Waals surface area contributed by atoms with E-state index in [0.29, 0.717) is 17.3 Å². The first-order valence-corrected chi connectivity index (χ1v) is 6.68. The Balaban J connectivity index is 2.06. The maximum atomic E-state index is 10.9. The van der Waals surface area contributed by atoms with E-state index in [9.17, 15) is 10.1 Å². The molecular weight excluding hydrogens is 272 g/mol. The summed E-state index contributed by atoms with van der Waals surface area (Å²) in [4.78, 5) is 10.4. The van der Waals surface area contributed by atoms with Crippen molar-refractivity contribution in [2.24, 2.45) is 0 Å². The van der Waals surface area contributed by atoms with Crippen molar-refractivity contribution in [2.45, 2.75) is 6.42 Å². The molecule has 18 heavy (non-hydrogen) atoms. The number of para-hydroxylation sites is 1. The molecule has 0 unspecified atom stereocenters. The van der Waals surface area contributed by atoms with Gasteiger partial charge in [0.05, 0.1) is 9.95 Å². The zero-order valence-corrected chi connectivity index (χ0v) is 11.0. The highest BCUT2D eigenvalue weighted by atomic mass is 35.5. The molecule has 1 heterocycles. The lowest BCUT2D eigenvalue weighted by molar-refractivity contribution is -0.383. The summed E-state index contributed by atoms with van der Waals surface area (Å²) in [6.07, 6.45) is 0.811. The quantitative estimate of drug-likeness (QED) is 0.667.